The van der Waals surface area contributed by atoms with Gasteiger partial charge in [-0.1, -0.05) is 41.7 Å². The van der Waals surface area contributed by atoms with Crippen LogP contribution >= 0.6 is 18.1 Å². The molecular formula is C22H27N6O8PS. The minimum absolute atomic E-state index is 0.0247. The number of nitrogens with one attached hydrogen (secondary N) is 2. The van der Waals surface area contributed by atoms with Crippen LogP contribution in [-0.4, -0.2) is 71.9 Å². The van der Waals surface area contributed by atoms with E-state index in [0.29, 0.717) is 0 Å². The molecule has 3 aromatic rings. The molecule has 0 saturated carbocycles. The number of ether oxygens (including phenoxy) is 2. The Labute approximate surface area is 220 Å². The zero-order valence-corrected chi connectivity index (χ0v) is 22.1. The van der Waals surface area contributed by atoms with Crippen molar-refractivity contribution in [2.75, 3.05) is 18.1 Å². The molecule has 0 bridgehead atoms. The third kappa shape index (κ3) is 4.98. The van der Waals surface area contributed by atoms with Crippen LogP contribution in [0.1, 0.15) is 31.7 Å². The number of fused-ring (bicyclic) bond motifs is 1. The highest BCUT2D eigenvalue weighted by molar-refractivity contribution is 8.56. The molecule has 0 unspecified atom stereocenters. The van der Waals surface area contributed by atoms with Gasteiger partial charge in [-0.3, -0.25) is 23.7 Å². The number of carbonyl (C=O) groups is 1. The third-order valence-corrected chi connectivity index (χ3v) is 10.5. The highest BCUT2D eigenvalue weighted by atomic mass is 32.7. The first kappa shape index (κ1) is 26.8. The Balaban J connectivity index is 1.23. The molecule has 6 N–H and O–H groups in total. The summed E-state index contributed by atoms with van der Waals surface area (Å²) in [4.78, 5) is 35.1. The van der Waals surface area contributed by atoms with Crippen LogP contribution in [0, 0.1) is 0 Å². The van der Waals surface area contributed by atoms with Crippen LogP contribution < -0.4 is 16.4 Å². The number of hydrogen-bond acceptors (Lipinski definition) is 12. The van der Waals surface area contributed by atoms with E-state index in [4.69, 9.17) is 19.7 Å². The Morgan fingerprint density at radius 2 is 2.16 bits per heavy atom. The maximum Gasteiger partial charge on any atom is 0.327 e. The van der Waals surface area contributed by atoms with E-state index < -0.39 is 54.4 Å². The van der Waals surface area contributed by atoms with Crippen molar-refractivity contribution >= 4 is 41.2 Å². The van der Waals surface area contributed by atoms with Gasteiger partial charge in [0.25, 0.3) is 5.56 Å². The lowest BCUT2D eigenvalue weighted by molar-refractivity contribution is -0.150. The van der Waals surface area contributed by atoms with Gasteiger partial charge in [0.05, 0.1) is 12.9 Å². The number of nitrogen functional groups attached to an aromatic ring is 1. The lowest BCUT2D eigenvalue weighted by Crippen LogP contribution is -2.44. The van der Waals surface area contributed by atoms with Crippen LogP contribution in [0.4, 0.5) is 5.95 Å². The summed E-state index contributed by atoms with van der Waals surface area (Å²) in [6.45, 7) is -0.825. The van der Waals surface area contributed by atoms with Crippen LogP contribution in [0.5, 0.6) is 0 Å². The smallest absolute Gasteiger partial charge is 0.327 e. The minimum atomic E-state index is -3.55. The third-order valence-electron chi connectivity index (χ3n) is 6.44. The number of aromatic amines is 1. The normalized spacial score (nSPS) is 32.0. The average Bonchev–Trinajstić information content (AvgIpc) is 3.54. The van der Waals surface area contributed by atoms with Gasteiger partial charge in [0.1, 0.15) is 30.0 Å². The summed E-state index contributed by atoms with van der Waals surface area (Å²) in [7, 11) is 0. The fourth-order valence-electron chi connectivity index (χ4n) is 4.35. The van der Waals surface area contributed by atoms with E-state index >= 15 is 0 Å². The number of benzene rings is 1. The molecule has 204 valence electrons. The number of aliphatic hydroxyl groups excluding tert-OH is 1. The summed E-state index contributed by atoms with van der Waals surface area (Å²) >= 11 is 0.937. The predicted molar refractivity (Wildman–Crippen MR) is 137 cm³/mol. The molecule has 2 aromatic heterocycles. The topological polar surface area (TPSA) is 204 Å². The van der Waals surface area contributed by atoms with E-state index in [2.05, 4.69) is 20.0 Å². The monoisotopic (exact) mass is 566 g/mol. The number of anilines is 1. The van der Waals surface area contributed by atoms with Gasteiger partial charge in [0.2, 0.25) is 5.95 Å². The number of nitrogens with two attached hydrogens (primary N) is 1. The molecule has 7 atom stereocenters. The number of esters is 1. The van der Waals surface area contributed by atoms with E-state index in [1.165, 1.54) is 17.8 Å². The molecule has 0 aliphatic carbocycles. The first-order chi connectivity index (χ1) is 18.0. The number of nitrogens with zero attached hydrogens (tertiary/aromatic N) is 3. The summed E-state index contributed by atoms with van der Waals surface area (Å²) in [6, 6.07) is 8.37. The maximum absolute atomic E-state index is 13.2. The maximum atomic E-state index is 13.2. The molecule has 2 aliphatic heterocycles. The fraction of sp³-hybridized carbons (Fsp3) is 0.455. The molecule has 2 aliphatic rings. The lowest BCUT2D eigenvalue weighted by atomic mass is 9.96. The first-order valence-electron chi connectivity index (χ1n) is 11.7. The number of carbonyl (C=O) groups excluding carboxylic acids is 1. The van der Waals surface area contributed by atoms with E-state index in [-0.39, 0.29) is 29.5 Å². The Bertz CT molecular complexity index is 1450. The Morgan fingerprint density at radius 1 is 1.42 bits per heavy atom. The molecule has 0 spiro atoms. The number of imidazole rings is 1. The molecule has 4 heterocycles. The predicted octanol–water partition coefficient (Wildman–Crippen LogP) is 0.845. The molecule has 0 radical (unpaired) electrons. The van der Waals surface area contributed by atoms with E-state index in [0.717, 1.165) is 16.9 Å². The van der Waals surface area contributed by atoms with E-state index in [1.54, 1.807) is 6.92 Å². The molecular weight excluding hydrogens is 539 g/mol. The van der Waals surface area contributed by atoms with Crippen molar-refractivity contribution in [3.05, 3.63) is 52.6 Å². The Morgan fingerprint density at radius 3 is 2.89 bits per heavy atom. The van der Waals surface area contributed by atoms with Crippen molar-refractivity contribution in [3.63, 3.8) is 0 Å². The summed E-state index contributed by atoms with van der Waals surface area (Å²) in [5, 5.41) is 24.5. The second-order valence-electron chi connectivity index (χ2n) is 9.23. The Kier molecular flexibility index (Phi) is 7.11. The average molecular weight is 567 g/mol. The number of hydrogen-bond donors (Lipinski definition) is 5. The molecule has 14 nitrogen and oxygen atoms in total. The molecule has 5 rings (SSSR count). The van der Waals surface area contributed by atoms with Gasteiger partial charge < -0.3 is 29.9 Å². The van der Waals surface area contributed by atoms with Gasteiger partial charge in [0.15, 0.2) is 17.4 Å². The molecule has 0 amide bonds. The van der Waals surface area contributed by atoms with Gasteiger partial charge >= 0.3 is 12.7 Å². The van der Waals surface area contributed by atoms with Gasteiger partial charge in [-0.05, 0) is 19.4 Å². The van der Waals surface area contributed by atoms with Crippen molar-refractivity contribution in [1.29, 1.82) is 0 Å². The van der Waals surface area contributed by atoms with Gasteiger partial charge in [0, 0.05) is 5.75 Å². The van der Waals surface area contributed by atoms with Crippen LogP contribution in [0.2, 0.25) is 0 Å². The highest BCUT2D eigenvalue weighted by Crippen LogP contribution is 2.61. The summed E-state index contributed by atoms with van der Waals surface area (Å²) < 4.78 is 31.5. The van der Waals surface area contributed by atoms with E-state index in [1.807, 2.05) is 30.3 Å². The molecule has 16 heteroatoms. The van der Waals surface area contributed by atoms with Crippen LogP contribution in [0.25, 0.3) is 11.2 Å². The van der Waals surface area contributed by atoms with Crippen LogP contribution in [-0.2, 0) is 23.4 Å². The van der Waals surface area contributed by atoms with Crippen LogP contribution in [0.15, 0.2) is 41.5 Å². The van der Waals surface area contributed by atoms with Gasteiger partial charge in [-0.15, -0.1) is 0 Å². The fourth-order valence-corrected chi connectivity index (χ4v) is 8.23. The highest BCUT2D eigenvalue weighted by Gasteiger charge is 2.54. The summed E-state index contributed by atoms with van der Waals surface area (Å²) in [5.41, 5.74) is 4.07. The minimum Gasteiger partial charge on any atom is -0.457 e. The van der Waals surface area contributed by atoms with Gasteiger partial charge in [-0.25, -0.2) is 10.1 Å². The largest absolute Gasteiger partial charge is 0.457 e. The number of aromatic nitrogens is 4. The number of rotatable bonds is 7. The quantitative estimate of drug-likeness (QED) is 0.199. The zero-order chi connectivity index (χ0) is 27.2. The summed E-state index contributed by atoms with van der Waals surface area (Å²) in [5.74, 6) is -0.561. The lowest BCUT2D eigenvalue weighted by Gasteiger charge is -2.27. The van der Waals surface area contributed by atoms with E-state index in [9.17, 15) is 24.4 Å². The number of aliphatic hydroxyl groups is 2. The van der Waals surface area contributed by atoms with Crippen molar-refractivity contribution in [2.45, 2.75) is 50.0 Å². The van der Waals surface area contributed by atoms with Gasteiger partial charge in [-0.2, -0.15) is 4.98 Å². The Hall–Kier alpha value is -2.78. The zero-order valence-electron chi connectivity index (χ0n) is 20.4. The van der Waals surface area contributed by atoms with Crippen LogP contribution in [0.3, 0.4) is 0 Å². The SMILES string of the molecule is C[C@H](OC(=O)[C@H]1CS[P@@](=O)(OC[C@H]2O[C@@H](n3cnc4c(=O)[nH]c(N)nc43)[C@](C)(O)[C@@H]2O)N1)c1ccccc1. The molecule has 2 fully saturated rings. The number of H-pyrrole nitrogens is 1. The van der Waals surface area contributed by atoms with Crippen molar-refractivity contribution in [1.82, 2.24) is 24.6 Å². The van der Waals surface area contributed by atoms with Crippen molar-refractivity contribution < 1.29 is 33.6 Å². The second kappa shape index (κ2) is 10.1. The standard InChI is InChI=1S/C22H27N6O8PS/c1-11(12-6-4-3-5-7-12)35-19(31)13-9-38-37(33,27-13)34-8-14-16(29)22(2,32)20(36-14)28-10-24-15-17(28)25-21(23)26-18(15)30/h3-7,10-11,13-14,16,20,29,32H,8-9H2,1-2H3,(H,27,33)(H3,23,25,26,30)/t11-,13+,14+,16+,20+,22+,37-/m0/s1. The second-order valence-corrected chi connectivity index (χ2v) is 13.6. The molecule has 1 aromatic carbocycles. The van der Waals surface area contributed by atoms with Crippen molar-refractivity contribution in [3.8, 4) is 0 Å². The van der Waals surface area contributed by atoms with Crippen molar-refractivity contribution in [2.24, 2.45) is 0 Å². The molecule has 2 saturated heterocycles. The first-order valence-corrected chi connectivity index (χ1v) is 14.9. The summed E-state index contributed by atoms with van der Waals surface area (Å²) in [6.07, 6.45) is -3.03. The molecule has 38 heavy (non-hydrogen) atoms.